The normalized spacial score (nSPS) is 14.0. The molecule has 0 radical (unpaired) electrons. The summed E-state index contributed by atoms with van der Waals surface area (Å²) in [4.78, 5) is 116. The van der Waals surface area contributed by atoms with Crippen molar-refractivity contribution in [1.82, 2.24) is 31.1 Å². The number of amides is 10. The van der Waals surface area contributed by atoms with Crippen LogP contribution in [-0.4, -0.2) is 161 Å². The van der Waals surface area contributed by atoms with Crippen molar-refractivity contribution in [2.75, 3.05) is 92.1 Å². The van der Waals surface area contributed by atoms with Gasteiger partial charge in [-0.3, -0.25) is 57.7 Å². The van der Waals surface area contributed by atoms with Crippen LogP contribution in [0.4, 0.5) is 0 Å². The summed E-state index contributed by atoms with van der Waals surface area (Å²) in [5, 5.41) is 10.7. The van der Waals surface area contributed by atoms with Crippen molar-refractivity contribution in [2.45, 2.75) is 65.2 Å². The first-order valence-electron chi connectivity index (χ1n) is 20.7. The van der Waals surface area contributed by atoms with Crippen LogP contribution < -0.4 is 32.7 Å². The average Bonchev–Trinajstić information content (AvgIpc) is 3.73. The highest BCUT2D eigenvalue weighted by molar-refractivity contribution is 6.13. The maximum absolute atomic E-state index is 11.7. The molecule has 62 heavy (non-hydrogen) atoms. The summed E-state index contributed by atoms with van der Waals surface area (Å²) in [6, 6.07) is 0. The number of hydrogen-bond donors (Lipinski definition) is 6. The number of nitrogens with zero attached hydrogens (tertiary/aromatic N) is 2. The monoisotopic (exact) mass is 880 g/mol. The highest BCUT2D eigenvalue weighted by atomic mass is 16.5. The van der Waals surface area contributed by atoms with E-state index in [1.54, 1.807) is 13.8 Å². The average molecular weight is 881 g/mol. The lowest BCUT2D eigenvalue weighted by molar-refractivity contribution is -0.139. The summed E-state index contributed by atoms with van der Waals surface area (Å²) in [6.45, 7) is 6.68. The van der Waals surface area contributed by atoms with Gasteiger partial charge in [0.2, 0.25) is 35.4 Å². The van der Waals surface area contributed by atoms with Crippen LogP contribution in [0.3, 0.4) is 0 Å². The van der Waals surface area contributed by atoms with Crippen molar-refractivity contribution in [3.8, 4) is 0 Å². The fourth-order valence-corrected chi connectivity index (χ4v) is 5.19. The molecule has 0 fully saturated rings. The zero-order valence-electron chi connectivity index (χ0n) is 35.8. The minimum Gasteiger partial charge on any atom is -0.377 e. The third kappa shape index (κ3) is 26.6. The topological polar surface area (TPSA) is 314 Å². The molecular formula is C40H64N8O14. The van der Waals surface area contributed by atoms with Crippen molar-refractivity contribution in [3.05, 3.63) is 24.3 Å². The number of ether oxygens (including phenoxy) is 4. The van der Waals surface area contributed by atoms with E-state index < -0.39 is 23.6 Å². The summed E-state index contributed by atoms with van der Waals surface area (Å²) < 4.78 is 21.0. The smallest absolute Gasteiger partial charge is 0.253 e. The standard InChI is InChI=1S/2C20H32N4O7/c2*1-15(20(21)29)4-2-3-8-22-17(26)14-31-13-12-30-11-9-23-16(25)7-10-24-18(27)5-6-19(24)28/h2*5-6,15H,2-4,7-14H2,1H3,(H2,21,29)(H,22,26)(H,23,25). The first-order chi connectivity index (χ1) is 29.6. The predicted octanol–water partition coefficient (Wildman–Crippen LogP) is -2.28. The first kappa shape index (κ1) is 54.4. The van der Waals surface area contributed by atoms with E-state index in [1.165, 1.54) is 24.3 Å². The van der Waals surface area contributed by atoms with Crippen LogP contribution in [0.15, 0.2) is 24.3 Å². The second-order valence-electron chi connectivity index (χ2n) is 14.2. The van der Waals surface area contributed by atoms with E-state index in [0.29, 0.717) is 25.9 Å². The highest BCUT2D eigenvalue weighted by Gasteiger charge is 2.24. The van der Waals surface area contributed by atoms with Gasteiger partial charge in [0.25, 0.3) is 23.6 Å². The number of hydrogen-bond acceptors (Lipinski definition) is 14. The van der Waals surface area contributed by atoms with E-state index in [4.69, 9.17) is 30.4 Å². The number of imide groups is 2. The SMILES string of the molecule is CC(CCCCNC(=O)COCCOCCNC(=O)CCN1C(=O)C=CC1=O)C(N)=O.CC(CCCCNC(=O)COCCOCCNC(=O)CCN1C(=O)C=CC1=O)C(N)=O. The zero-order valence-corrected chi connectivity index (χ0v) is 35.8. The maximum atomic E-state index is 11.7. The van der Waals surface area contributed by atoms with E-state index in [1.807, 2.05) is 0 Å². The minimum absolute atomic E-state index is 0.0293. The molecule has 0 spiro atoms. The molecule has 0 bridgehead atoms. The fourth-order valence-electron chi connectivity index (χ4n) is 5.19. The van der Waals surface area contributed by atoms with Crippen LogP contribution in [0.5, 0.6) is 0 Å². The number of primary amides is 2. The zero-order chi connectivity index (χ0) is 46.1. The number of nitrogens with one attached hydrogen (secondary N) is 4. The van der Waals surface area contributed by atoms with Gasteiger partial charge in [-0.25, -0.2) is 0 Å². The van der Waals surface area contributed by atoms with Gasteiger partial charge in [-0.05, 0) is 25.7 Å². The number of nitrogens with two attached hydrogens (primary N) is 2. The minimum atomic E-state index is -0.412. The molecule has 0 saturated heterocycles. The first-order valence-corrected chi connectivity index (χ1v) is 20.7. The number of carbonyl (C=O) groups is 10. The summed E-state index contributed by atoms with van der Waals surface area (Å²) in [6.07, 6.45) is 9.31. The van der Waals surface area contributed by atoms with Crippen LogP contribution in [0.25, 0.3) is 0 Å². The molecule has 10 amide bonds. The van der Waals surface area contributed by atoms with Crippen LogP contribution in [0.1, 0.15) is 65.2 Å². The fraction of sp³-hybridized carbons (Fsp3) is 0.650. The molecule has 22 nitrogen and oxygen atoms in total. The van der Waals surface area contributed by atoms with Crippen LogP contribution >= 0.6 is 0 Å². The third-order valence-electron chi connectivity index (χ3n) is 9.02. The van der Waals surface area contributed by atoms with Crippen LogP contribution in [0.2, 0.25) is 0 Å². The lowest BCUT2D eigenvalue weighted by Gasteiger charge is -2.13. The Kier molecular flexibility index (Phi) is 29.1. The molecule has 2 unspecified atom stereocenters. The lowest BCUT2D eigenvalue weighted by atomic mass is 10.0. The van der Waals surface area contributed by atoms with Gasteiger partial charge >= 0.3 is 0 Å². The molecule has 0 saturated carbocycles. The summed E-state index contributed by atoms with van der Waals surface area (Å²) in [5.41, 5.74) is 10.4. The lowest BCUT2D eigenvalue weighted by Crippen LogP contribution is -2.35. The summed E-state index contributed by atoms with van der Waals surface area (Å²) >= 11 is 0. The van der Waals surface area contributed by atoms with Gasteiger partial charge in [0, 0.05) is 88.3 Å². The number of unbranched alkanes of at least 4 members (excludes halogenated alkanes) is 2. The van der Waals surface area contributed by atoms with Gasteiger partial charge in [0.15, 0.2) is 0 Å². The van der Waals surface area contributed by atoms with Gasteiger partial charge in [-0.15, -0.1) is 0 Å². The van der Waals surface area contributed by atoms with Crippen LogP contribution in [0, 0.1) is 11.8 Å². The molecule has 0 aromatic rings. The van der Waals surface area contributed by atoms with Crippen molar-refractivity contribution in [1.29, 1.82) is 0 Å². The molecule has 2 aliphatic heterocycles. The molecule has 22 heteroatoms. The second-order valence-corrected chi connectivity index (χ2v) is 14.2. The Hall–Kier alpha value is -5.58. The molecule has 2 atom stereocenters. The van der Waals surface area contributed by atoms with E-state index in [2.05, 4.69) is 21.3 Å². The second kappa shape index (κ2) is 33.1. The number of rotatable bonds is 34. The molecule has 2 aliphatic rings. The quantitative estimate of drug-likeness (QED) is 0.0293. The Labute approximate surface area is 361 Å². The van der Waals surface area contributed by atoms with Crippen LogP contribution in [-0.2, 0) is 66.9 Å². The van der Waals surface area contributed by atoms with Gasteiger partial charge in [-0.2, -0.15) is 0 Å². The van der Waals surface area contributed by atoms with E-state index in [9.17, 15) is 47.9 Å². The summed E-state index contributed by atoms with van der Waals surface area (Å²) in [7, 11) is 0. The number of carbonyl (C=O) groups excluding carboxylic acids is 10. The van der Waals surface area contributed by atoms with Crippen molar-refractivity contribution in [2.24, 2.45) is 23.3 Å². The predicted molar refractivity (Wildman–Crippen MR) is 221 cm³/mol. The van der Waals surface area contributed by atoms with E-state index >= 15 is 0 Å². The Morgan fingerprint density at radius 3 is 1.15 bits per heavy atom. The molecule has 0 aromatic heterocycles. The van der Waals surface area contributed by atoms with E-state index in [0.717, 1.165) is 35.5 Å². The van der Waals surface area contributed by atoms with Crippen molar-refractivity contribution in [3.63, 3.8) is 0 Å². The van der Waals surface area contributed by atoms with Gasteiger partial charge in [-0.1, -0.05) is 26.7 Å². The Bertz CT molecular complexity index is 1410. The molecule has 2 heterocycles. The van der Waals surface area contributed by atoms with Gasteiger partial charge in [0.05, 0.1) is 39.6 Å². The molecule has 0 aliphatic carbocycles. The van der Waals surface area contributed by atoms with Crippen molar-refractivity contribution < 1.29 is 66.9 Å². The van der Waals surface area contributed by atoms with Crippen molar-refractivity contribution >= 4 is 59.1 Å². The Morgan fingerprint density at radius 1 is 0.484 bits per heavy atom. The largest absolute Gasteiger partial charge is 0.377 e. The van der Waals surface area contributed by atoms with Gasteiger partial charge < -0.3 is 51.7 Å². The summed E-state index contributed by atoms with van der Waals surface area (Å²) in [5.74, 6) is -3.60. The van der Waals surface area contributed by atoms with Gasteiger partial charge in [0.1, 0.15) is 13.2 Å². The Morgan fingerprint density at radius 2 is 0.806 bits per heavy atom. The third-order valence-corrected chi connectivity index (χ3v) is 9.02. The molecule has 0 aromatic carbocycles. The molecular weight excluding hydrogens is 816 g/mol. The Balaban J connectivity index is 0.000000620. The highest BCUT2D eigenvalue weighted by Crippen LogP contribution is 2.08. The molecule has 8 N–H and O–H groups in total. The maximum Gasteiger partial charge on any atom is 0.253 e. The molecule has 2 rings (SSSR count). The van der Waals surface area contributed by atoms with E-state index in [-0.39, 0.29) is 139 Å². The molecule has 348 valence electrons.